The van der Waals surface area contributed by atoms with Crippen molar-refractivity contribution in [3.63, 3.8) is 0 Å². The van der Waals surface area contributed by atoms with Crippen molar-refractivity contribution in [3.8, 4) is 0 Å². The maximum absolute atomic E-state index is 13.0. The van der Waals surface area contributed by atoms with Crippen LogP contribution in [0.25, 0.3) is 0 Å². The lowest BCUT2D eigenvalue weighted by atomic mass is 10.1. The Morgan fingerprint density at radius 1 is 1.00 bits per heavy atom. The maximum atomic E-state index is 13.0. The van der Waals surface area contributed by atoms with Crippen LogP contribution in [0.1, 0.15) is 21.5 Å². The van der Waals surface area contributed by atoms with Crippen LogP contribution in [-0.4, -0.2) is 14.3 Å². The summed E-state index contributed by atoms with van der Waals surface area (Å²) in [5.74, 6) is -0.926. The third kappa shape index (κ3) is 4.75. The number of benzene rings is 3. The van der Waals surface area contributed by atoms with Gasteiger partial charge in [0.2, 0.25) is 0 Å². The topological polar surface area (TPSA) is 75.3 Å². The number of anilines is 2. The highest BCUT2D eigenvalue weighted by Crippen LogP contribution is 2.25. The number of hydrogen-bond donors (Lipinski definition) is 2. The zero-order valence-corrected chi connectivity index (χ0v) is 17.2. The van der Waals surface area contributed by atoms with Crippen LogP contribution in [0.4, 0.5) is 15.8 Å². The molecule has 1 amide bonds. The fraction of sp³-hybridized carbons (Fsp3) is 0.0952. The SMILES string of the molecule is Cc1ccc(S(=O)(=O)Nc2ccc(F)cc2)cc1C(=O)Nc1cccc(Cl)c1C. The van der Waals surface area contributed by atoms with E-state index in [1.165, 1.54) is 24.3 Å². The van der Waals surface area contributed by atoms with Gasteiger partial charge in [0.1, 0.15) is 5.82 Å². The van der Waals surface area contributed by atoms with E-state index in [0.717, 1.165) is 12.1 Å². The van der Waals surface area contributed by atoms with Crippen molar-refractivity contribution >= 4 is 38.9 Å². The Balaban J connectivity index is 1.89. The Labute approximate surface area is 173 Å². The molecule has 0 aliphatic heterocycles. The summed E-state index contributed by atoms with van der Waals surface area (Å²) >= 11 is 6.08. The second-order valence-corrected chi connectivity index (χ2v) is 8.55. The van der Waals surface area contributed by atoms with E-state index in [4.69, 9.17) is 11.6 Å². The largest absolute Gasteiger partial charge is 0.322 e. The Morgan fingerprint density at radius 3 is 2.38 bits per heavy atom. The number of sulfonamides is 1. The molecule has 0 unspecified atom stereocenters. The van der Waals surface area contributed by atoms with Crippen molar-refractivity contribution < 1.29 is 17.6 Å². The van der Waals surface area contributed by atoms with E-state index in [9.17, 15) is 17.6 Å². The molecular formula is C21H18ClFN2O3S. The van der Waals surface area contributed by atoms with Gasteiger partial charge in [-0.15, -0.1) is 0 Å². The number of nitrogens with one attached hydrogen (secondary N) is 2. The third-order valence-electron chi connectivity index (χ3n) is 4.38. The first-order chi connectivity index (χ1) is 13.7. The van der Waals surface area contributed by atoms with Crippen molar-refractivity contribution in [3.05, 3.63) is 88.2 Å². The molecule has 0 saturated heterocycles. The summed E-state index contributed by atoms with van der Waals surface area (Å²) in [6.07, 6.45) is 0. The normalized spacial score (nSPS) is 11.2. The lowest BCUT2D eigenvalue weighted by molar-refractivity contribution is 0.102. The number of amides is 1. The van der Waals surface area contributed by atoms with E-state index in [2.05, 4.69) is 10.0 Å². The summed E-state index contributed by atoms with van der Waals surface area (Å²) in [6.45, 7) is 3.49. The average Bonchev–Trinajstić information content (AvgIpc) is 2.67. The van der Waals surface area contributed by atoms with Gasteiger partial charge < -0.3 is 5.32 Å². The van der Waals surface area contributed by atoms with Gasteiger partial charge >= 0.3 is 0 Å². The van der Waals surface area contributed by atoms with Crippen LogP contribution in [-0.2, 0) is 10.0 Å². The predicted octanol–water partition coefficient (Wildman–Crippen LogP) is 5.15. The first-order valence-corrected chi connectivity index (χ1v) is 10.5. The highest BCUT2D eigenvalue weighted by Gasteiger charge is 2.19. The van der Waals surface area contributed by atoms with Gasteiger partial charge in [-0.1, -0.05) is 23.7 Å². The van der Waals surface area contributed by atoms with E-state index in [1.807, 2.05) is 0 Å². The quantitative estimate of drug-likeness (QED) is 0.585. The molecule has 0 saturated carbocycles. The summed E-state index contributed by atoms with van der Waals surface area (Å²) in [5.41, 5.74) is 2.29. The monoisotopic (exact) mass is 432 g/mol. The Kier molecular flexibility index (Phi) is 5.91. The second kappa shape index (κ2) is 8.23. The van der Waals surface area contributed by atoms with Gasteiger partial charge in [-0.05, 0) is 73.5 Å². The highest BCUT2D eigenvalue weighted by molar-refractivity contribution is 7.92. The number of hydrogen-bond acceptors (Lipinski definition) is 3. The van der Waals surface area contributed by atoms with Crippen LogP contribution in [0.15, 0.2) is 65.6 Å². The molecule has 5 nitrogen and oxygen atoms in total. The highest BCUT2D eigenvalue weighted by atomic mass is 35.5. The molecule has 3 aromatic rings. The average molecular weight is 433 g/mol. The second-order valence-electron chi connectivity index (χ2n) is 6.46. The molecule has 0 bridgehead atoms. The van der Waals surface area contributed by atoms with Crippen LogP contribution in [0.2, 0.25) is 5.02 Å². The van der Waals surface area contributed by atoms with Crippen LogP contribution in [0.3, 0.4) is 0 Å². The summed E-state index contributed by atoms with van der Waals surface area (Å²) in [6, 6.07) is 14.3. The summed E-state index contributed by atoms with van der Waals surface area (Å²) in [5, 5.41) is 3.28. The van der Waals surface area contributed by atoms with Gasteiger partial charge in [-0.3, -0.25) is 9.52 Å². The molecule has 8 heteroatoms. The molecule has 3 aromatic carbocycles. The number of halogens is 2. The molecular weight excluding hydrogens is 415 g/mol. The molecule has 150 valence electrons. The molecule has 0 spiro atoms. The molecule has 0 atom stereocenters. The lowest BCUT2D eigenvalue weighted by Gasteiger charge is -2.13. The van der Waals surface area contributed by atoms with Gasteiger partial charge in [0.05, 0.1) is 4.90 Å². The van der Waals surface area contributed by atoms with Crippen molar-refractivity contribution in [2.45, 2.75) is 18.7 Å². The minimum absolute atomic E-state index is 0.0830. The van der Waals surface area contributed by atoms with Crippen LogP contribution in [0, 0.1) is 19.7 Å². The number of aryl methyl sites for hydroxylation is 1. The Bertz CT molecular complexity index is 1180. The molecule has 29 heavy (non-hydrogen) atoms. The zero-order chi connectivity index (χ0) is 21.2. The standard InChI is InChI=1S/C21H18ClFN2O3S/c1-13-6-11-17(29(27,28)25-16-9-7-15(23)8-10-16)12-18(13)21(26)24-20-5-3-4-19(22)14(20)2/h3-12,25H,1-2H3,(H,24,26). The first-order valence-electron chi connectivity index (χ1n) is 8.63. The van der Waals surface area contributed by atoms with Crippen molar-refractivity contribution in [1.29, 1.82) is 0 Å². The number of carbonyl (C=O) groups excluding carboxylic acids is 1. The van der Waals surface area contributed by atoms with Crippen LogP contribution in [0.5, 0.6) is 0 Å². The molecule has 0 radical (unpaired) electrons. The van der Waals surface area contributed by atoms with E-state index in [0.29, 0.717) is 21.8 Å². The van der Waals surface area contributed by atoms with Gasteiger partial charge in [-0.2, -0.15) is 0 Å². The Hall–Kier alpha value is -2.90. The third-order valence-corrected chi connectivity index (χ3v) is 6.16. The van der Waals surface area contributed by atoms with E-state index >= 15 is 0 Å². The van der Waals surface area contributed by atoms with Gasteiger partial charge in [0.25, 0.3) is 15.9 Å². The smallest absolute Gasteiger partial charge is 0.261 e. The van der Waals surface area contributed by atoms with E-state index in [-0.39, 0.29) is 16.1 Å². The van der Waals surface area contributed by atoms with Crippen molar-refractivity contribution in [1.82, 2.24) is 0 Å². The molecule has 0 aliphatic rings. The molecule has 2 N–H and O–H groups in total. The molecule has 0 fully saturated rings. The number of rotatable bonds is 5. The maximum Gasteiger partial charge on any atom is 0.261 e. The minimum Gasteiger partial charge on any atom is -0.322 e. The molecule has 0 heterocycles. The first kappa shape index (κ1) is 20.8. The molecule has 0 aromatic heterocycles. The van der Waals surface area contributed by atoms with Gasteiger partial charge in [-0.25, -0.2) is 12.8 Å². The van der Waals surface area contributed by atoms with Gasteiger partial charge in [0, 0.05) is 22.0 Å². The summed E-state index contributed by atoms with van der Waals surface area (Å²) in [4.78, 5) is 12.7. The Morgan fingerprint density at radius 2 is 1.69 bits per heavy atom. The van der Waals surface area contributed by atoms with Crippen molar-refractivity contribution in [2.24, 2.45) is 0 Å². The minimum atomic E-state index is -3.96. The molecule has 3 rings (SSSR count). The number of carbonyl (C=O) groups is 1. The fourth-order valence-corrected chi connectivity index (χ4v) is 3.94. The summed E-state index contributed by atoms with van der Waals surface area (Å²) < 4.78 is 40.8. The lowest BCUT2D eigenvalue weighted by Crippen LogP contribution is -2.17. The predicted molar refractivity (Wildman–Crippen MR) is 113 cm³/mol. The van der Waals surface area contributed by atoms with Crippen molar-refractivity contribution in [2.75, 3.05) is 10.0 Å². The van der Waals surface area contributed by atoms with Crippen LogP contribution < -0.4 is 10.0 Å². The summed E-state index contributed by atoms with van der Waals surface area (Å²) in [7, 11) is -3.96. The fourth-order valence-electron chi connectivity index (χ4n) is 2.68. The van der Waals surface area contributed by atoms with Crippen LogP contribution >= 0.6 is 11.6 Å². The van der Waals surface area contributed by atoms with E-state index in [1.54, 1.807) is 38.1 Å². The molecule has 0 aliphatic carbocycles. The van der Waals surface area contributed by atoms with Gasteiger partial charge in [0.15, 0.2) is 0 Å². The zero-order valence-electron chi connectivity index (χ0n) is 15.7. The van der Waals surface area contributed by atoms with E-state index < -0.39 is 21.7 Å².